The van der Waals surface area contributed by atoms with Crippen molar-refractivity contribution in [1.82, 2.24) is 10.6 Å². The molecular weight excluding hydrogens is 441 g/mol. The maximum absolute atomic E-state index is 5.32. The second kappa shape index (κ2) is 11.6. The van der Waals surface area contributed by atoms with Crippen LogP contribution in [0.4, 0.5) is 0 Å². The third-order valence-electron chi connectivity index (χ3n) is 5.27. The van der Waals surface area contributed by atoms with Crippen molar-refractivity contribution < 1.29 is 9.47 Å². The Bertz CT molecular complexity index is 572. The van der Waals surface area contributed by atoms with Crippen molar-refractivity contribution in [2.45, 2.75) is 45.6 Å². The van der Waals surface area contributed by atoms with E-state index >= 15 is 0 Å². The Kier molecular flexibility index (Phi) is 10.3. The monoisotopic (exact) mass is 475 g/mol. The van der Waals surface area contributed by atoms with E-state index in [0.717, 1.165) is 43.4 Å². The molecule has 148 valence electrons. The fraction of sp³-hybridized carbons (Fsp3) is 0.650. The van der Waals surface area contributed by atoms with Gasteiger partial charge in [-0.1, -0.05) is 25.0 Å². The van der Waals surface area contributed by atoms with Crippen LogP contribution in [0.1, 0.15) is 43.2 Å². The van der Waals surface area contributed by atoms with Gasteiger partial charge in [0.2, 0.25) is 0 Å². The quantitative estimate of drug-likeness (QED) is 0.341. The molecule has 0 atom stereocenters. The molecule has 0 heterocycles. The molecule has 1 aromatic rings. The van der Waals surface area contributed by atoms with Gasteiger partial charge in [-0.15, -0.1) is 24.0 Å². The zero-order valence-corrected chi connectivity index (χ0v) is 18.9. The number of guanidine groups is 1. The lowest BCUT2D eigenvalue weighted by Crippen LogP contribution is -2.43. The van der Waals surface area contributed by atoms with Crippen LogP contribution in [-0.2, 0) is 11.3 Å². The number of methoxy groups -OCH3 is 2. The summed E-state index contributed by atoms with van der Waals surface area (Å²) in [6.45, 7) is 4.60. The van der Waals surface area contributed by atoms with Gasteiger partial charge in [-0.3, -0.25) is 4.99 Å². The van der Waals surface area contributed by atoms with E-state index in [0.29, 0.717) is 5.41 Å². The third kappa shape index (κ3) is 6.61. The van der Waals surface area contributed by atoms with Gasteiger partial charge < -0.3 is 20.1 Å². The summed E-state index contributed by atoms with van der Waals surface area (Å²) in [6, 6.07) is 6.25. The average Bonchev–Trinajstić information content (AvgIpc) is 3.09. The molecular formula is C20H34IN3O2. The molecule has 1 fully saturated rings. The van der Waals surface area contributed by atoms with Crippen molar-refractivity contribution in [3.63, 3.8) is 0 Å². The first kappa shape index (κ1) is 23.0. The van der Waals surface area contributed by atoms with Crippen LogP contribution in [0.25, 0.3) is 0 Å². The van der Waals surface area contributed by atoms with E-state index in [2.05, 4.69) is 34.7 Å². The molecule has 2 rings (SSSR count). The van der Waals surface area contributed by atoms with E-state index < -0.39 is 0 Å². The standard InChI is InChI=1S/C20H33N3O2.HI/c1-16-13-17(7-8-18(16)25-4)14-22-19(21-2)23-15-20(11-12-24-3)9-5-6-10-20;/h7-8,13H,5-6,9-12,14-15H2,1-4H3,(H2,21,22,23);1H. The smallest absolute Gasteiger partial charge is 0.191 e. The molecule has 0 aliphatic heterocycles. The van der Waals surface area contributed by atoms with E-state index in [-0.39, 0.29) is 24.0 Å². The number of aryl methyl sites for hydroxylation is 1. The van der Waals surface area contributed by atoms with Crippen LogP contribution in [0.2, 0.25) is 0 Å². The first-order valence-corrected chi connectivity index (χ1v) is 9.19. The molecule has 0 bridgehead atoms. The largest absolute Gasteiger partial charge is 0.496 e. The molecule has 1 aliphatic carbocycles. The molecule has 26 heavy (non-hydrogen) atoms. The Morgan fingerprint density at radius 2 is 1.92 bits per heavy atom. The van der Waals surface area contributed by atoms with E-state index in [1.165, 1.54) is 31.2 Å². The van der Waals surface area contributed by atoms with Gasteiger partial charge in [0.25, 0.3) is 0 Å². The zero-order chi connectivity index (χ0) is 18.1. The fourth-order valence-electron chi connectivity index (χ4n) is 3.69. The normalized spacial score (nSPS) is 16.1. The molecule has 0 spiro atoms. The van der Waals surface area contributed by atoms with Gasteiger partial charge in [0.15, 0.2) is 5.96 Å². The highest BCUT2D eigenvalue weighted by Crippen LogP contribution is 2.40. The van der Waals surface area contributed by atoms with Crippen molar-refractivity contribution >= 4 is 29.9 Å². The molecule has 0 amide bonds. The van der Waals surface area contributed by atoms with E-state index in [1.54, 1.807) is 14.2 Å². The van der Waals surface area contributed by atoms with Crippen LogP contribution >= 0.6 is 24.0 Å². The van der Waals surface area contributed by atoms with E-state index in [9.17, 15) is 0 Å². The highest BCUT2D eigenvalue weighted by atomic mass is 127. The van der Waals surface area contributed by atoms with Crippen LogP contribution in [0, 0.1) is 12.3 Å². The van der Waals surface area contributed by atoms with Crippen molar-refractivity contribution in [3.8, 4) is 5.75 Å². The molecule has 0 aromatic heterocycles. The fourth-order valence-corrected chi connectivity index (χ4v) is 3.69. The third-order valence-corrected chi connectivity index (χ3v) is 5.27. The molecule has 6 heteroatoms. The molecule has 2 N–H and O–H groups in total. The lowest BCUT2D eigenvalue weighted by molar-refractivity contribution is 0.138. The Hall–Kier alpha value is -1.02. The minimum Gasteiger partial charge on any atom is -0.496 e. The molecule has 1 aliphatic rings. The Morgan fingerprint density at radius 3 is 2.50 bits per heavy atom. The van der Waals surface area contributed by atoms with E-state index in [4.69, 9.17) is 9.47 Å². The molecule has 0 radical (unpaired) electrons. The lowest BCUT2D eigenvalue weighted by atomic mass is 9.83. The second-order valence-electron chi connectivity index (χ2n) is 7.03. The Morgan fingerprint density at radius 1 is 1.19 bits per heavy atom. The first-order chi connectivity index (χ1) is 12.1. The van der Waals surface area contributed by atoms with E-state index in [1.807, 2.05) is 13.1 Å². The van der Waals surface area contributed by atoms with Crippen LogP contribution in [0.3, 0.4) is 0 Å². The van der Waals surface area contributed by atoms with Gasteiger partial charge >= 0.3 is 0 Å². The van der Waals surface area contributed by atoms with Gasteiger partial charge in [-0.2, -0.15) is 0 Å². The lowest BCUT2D eigenvalue weighted by Gasteiger charge is -2.30. The number of ether oxygens (including phenoxy) is 2. The molecule has 1 aromatic carbocycles. The summed E-state index contributed by atoms with van der Waals surface area (Å²) in [5.41, 5.74) is 2.72. The number of nitrogens with one attached hydrogen (secondary N) is 2. The molecule has 1 saturated carbocycles. The molecule has 0 unspecified atom stereocenters. The highest BCUT2D eigenvalue weighted by molar-refractivity contribution is 14.0. The van der Waals surface area contributed by atoms with Gasteiger partial charge in [0.1, 0.15) is 5.75 Å². The predicted molar refractivity (Wildman–Crippen MR) is 119 cm³/mol. The van der Waals surface area contributed by atoms with Gasteiger partial charge in [-0.25, -0.2) is 0 Å². The SMILES string of the molecule is CN=C(NCc1ccc(OC)c(C)c1)NCC1(CCOC)CCCC1.I. The van der Waals surface area contributed by atoms with Gasteiger partial charge in [-0.05, 0) is 48.8 Å². The number of aliphatic imine (C=N–C) groups is 1. The number of halogens is 1. The second-order valence-corrected chi connectivity index (χ2v) is 7.03. The van der Waals surface area contributed by atoms with Crippen molar-refractivity contribution in [2.24, 2.45) is 10.4 Å². The van der Waals surface area contributed by atoms with Crippen LogP contribution in [-0.4, -0.2) is 40.4 Å². The van der Waals surface area contributed by atoms with Crippen LogP contribution < -0.4 is 15.4 Å². The van der Waals surface area contributed by atoms with Gasteiger partial charge in [0.05, 0.1) is 7.11 Å². The summed E-state index contributed by atoms with van der Waals surface area (Å²) in [5, 5.41) is 6.94. The summed E-state index contributed by atoms with van der Waals surface area (Å²) < 4.78 is 10.6. The van der Waals surface area contributed by atoms with Gasteiger partial charge in [0, 0.05) is 33.9 Å². The Balaban J connectivity index is 0.00000338. The number of nitrogens with zero attached hydrogens (tertiary/aromatic N) is 1. The Labute approximate surface area is 175 Å². The van der Waals surface area contributed by atoms with Crippen molar-refractivity contribution in [2.75, 3.05) is 34.4 Å². The first-order valence-electron chi connectivity index (χ1n) is 9.19. The van der Waals surface area contributed by atoms with Crippen molar-refractivity contribution in [1.29, 1.82) is 0 Å². The summed E-state index contributed by atoms with van der Waals surface area (Å²) in [5.74, 6) is 1.78. The maximum atomic E-state index is 5.32. The summed E-state index contributed by atoms with van der Waals surface area (Å²) >= 11 is 0. The molecule has 0 saturated heterocycles. The minimum atomic E-state index is 0. The zero-order valence-electron chi connectivity index (χ0n) is 16.6. The average molecular weight is 475 g/mol. The highest BCUT2D eigenvalue weighted by Gasteiger charge is 2.33. The molecule has 5 nitrogen and oxygen atoms in total. The number of hydrogen-bond acceptors (Lipinski definition) is 3. The predicted octanol–water partition coefficient (Wildman–Crippen LogP) is 3.88. The maximum Gasteiger partial charge on any atom is 0.191 e. The van der Waals surface area contributed by atoms with Crippen molar-refractivity contribution in [3.05, 3.63) is 29.3 Å². The summed E-state index contributed by atoms with van der Waals surface area (Å²) in [4.78, 5) is 4.37. The number of benzene rings is 1. The topological polar surface area (TPSA) is 54.9 Å². The van der Waals surface area contributed by atoms with Crippen LogP contribution in [0.5, 0.6) is 5.75 Å². The summed E-state index contributed by atoms with van der Waals surface area (Å²) in [6.07, 6.45) is 6.31. The minimum absolute atomic E-state index is 0. The summed E-state index contributed by atoms with van der Waals surface area (Å²) in [7, 11) is 5.31. The number of hydrogen-bond donors (Lipinski definition) is 2. The number of rotatable bonds is 8. The van der Waals surface area contributed by atoms with Crippen LogP contribution in [0.15, 0.2) is 23.2 Å².